The Hall–Kier alpha value is -4.05. The van der Waals surface area contributed by atoms with E-state index in [0.29, 0.717) is 32.4 Å². The number of hydrogen-bond acceptors (Lipinski definition) is 6. The molecule has 0 aromatic heterocycles. The van der Waals surface area contributed by atoms with Crippen molar-refractivity contribution in [2.75, 3.05) is 13.1 Å². The largest absolute Gasteiger partial charge is 0.352 e. The van der Waals surface area contributed by atoms with Crippen LogP contribution in [0.4, 0.5) is 0 Å². The van der Waals surface area contributed by atoms with Gasteiger partial charge in [-0.1, -0.05) is 108 Å². The zero-order valence-electron chi connectivity index (χ0n) is 30.7. The second-order valence-corrected chi connectivity index (χ2v) is 14.5. The Kier molecular flexibility index (Phi) is 17.1. The molecule has 1 fully saturated rings. The molecule has 3 rings (SSSR count). The first kappa shape index (κ1) is 40.4. The zero-order valence-corrected chi connectivity index (χ0v) is 30.7. The average Bonchev–Trinajstić information content (AvgIpc) is 3.10. The summed E-state index contributed by atoms with van der Waals surface area (Å²) in [5.41, 5.74) is 1.95. The maximum absolute atomic E-state index is 14.6. The van der Waals surface area contributed by atoms with Crippen molar-refractivity contribution in [3.05, 3.63) is 71.8 Å². The Morgan fingerprint density at radius 3 is 2.02 bits per heavy atom. The van der Waals surface area contributed by atoms with Crippen molar-refractivity contribution in [1.82, 2.24) is 26.2 Å². The SMILES string of the molecule is CC(C)CCN(C(=O)[C@H](Cc1ccccc1)NCCC(=O)NCc1ccccc1)C(CC(C)C)C(=O)NC(C)C(=O)C(=O)NC1CCCCC1. The van der Waals surface area contributed by atoms with Gasteiger partial charge in [-0.05, 0) is 62.0 Å². The molecule has 1 aliphatic carbocycles. The van der Waals surface area contributed by atoms with E-state index in [9.17, 15) is 24.0 Å². The van der Waals surface area contributed by atoms with E-state index in [1.54, 1.807) is 4.90 Å². The molecule has 0 aliphatic heterocycles. The maximum Gasteiger partial charge on any atom is 0.289 e. The minimum Gasteiger partial charge on any atom is -0.352 e. The van der Waals surface area contributed by atoms with E-state index in [2.05, 4.69) is 35.1 Å². The zero-order chi connectivity index (χ0) is 36.5. The highest BCUT2D eigenvalue weighted by Crippen LogP contribution is 2.19. The number of ketones is 1. The summed E-state index contributed by atoms with van der Waals surface area (Å²) < 4.78 is 0. The van der Waals surface area contributed by atoms with Gasteiger partial charge in [0.1, 0.15) is 6.04 Å². The molecule has 1 aliphatic rings. The van der Waals surface area contributed by atoms with Crippen LogP contribution in [0.15, 0.2) is 60.7 Å². The minimum absolute atomic E-state index is 0.0232. The number of carbonyl (C=O) groups excluding carboxylic acids is 5. The number of benzene rings is 2. The lowest BCUT2D eigenvalue weighted by atomic mass is 9.95. The molecule has 2 aromatic rings. The summed E-state index contributed by atoms with van der Waals surface area (Å²) in [5, 5.41) is 11.9. The van der Waals surface area contributed by atoms with Crippen molar-refractivity contribution in [3.63, 3.8) is 0 Å². The molecule has 10 heteroatoms. The van der Waals surface area contributed by atoms with E-state index < -0.39 is 35.7 Å². The maximum atomic E-state index is 14.6. The molecule has 0 bridgehead atoms. The summed E-state index contributed by atoms with van der Waals surface area (Å²) >= 11 is 0. The van der Waals surface area contributed by atoms with Crippen LogP contribution in [0.1, 0.15) is 97.1 Å². The van der Waals surface area contributed by atoms with Crippen LogP contribution in [0, 0.1) is 11.8 Å². The van der Waals surface area contributed by atoms with Gasteiger partial charge < -0.3 is 26.2 Å². The van der Waals surface area contributed by atoms with Gasteiger partial charge in [0.15, 0.2) is 0 Å². The molecule has 0 spiro atoms. The topological polar surface area (TPSA) is 137 Å². The van der Waals surface area contributed by atoms with Crippen LogP contribution < -0.4 is 21.3 Å². The molecular formula is C40H59N5O5. The Balaban J connectivity index is 1.77. The molecule has 50 heavy (non-hydrogen) atoms. The van der Waals surface area contributed by atoms with Crippen LogP contribution in [0.3, 0.4) is 0 Å². The number of carbonyl (C=O) groups is 5. The normalized spacial score (nSPS) is 15.2. The van der Waals surface area contributed by atoms with E-state index in [0.717, 1.165) is 43.2 Å². The van der Waals surface area contributed by atoms with Gasteiger partial charge in [-0.2, -0.15) is 0 Å². The van der Waals surface area contributed by atoms with Gasteiger partial charge >= 0.3 is 0 Å². The molecule has 0 radical (unpaired) electrons. The molecule has 4 N–H and O–H groups in total. The molecule has 4 amide bonds. The second kappa shape index (κ2) is 21.2. The van der Waals surface area contributed by atoms with Gasteiger partial charge in [-0.25, -0.2) is 0 Å². The van der Waals surface area contributed by atoms with E-state index in [1.165, 1.54) is 6.92 Å². The van der Waals surface area contributed by atoms with Crippen LogP contribution in [0.5, 0.6) is 0 Å². The molecule has 2 unspecified atom stereocenters. The van der Waals surface area contributed by atoms with E-state index in [4.69, 9.17) is 0 Å². The van der Waals surface area contributed by atoms with Crippen molar-refractivity contribution < 1.29 is 24.0 Å². The van der Waals surface area contributed by atoms with Crippen LogP contribution in [0.2, 0.25) is 0 Å². The van der Waals surface area contributed by atoms with Crippen LogP contribution in [0.25, 0.3) is 0 Å². The highest BCUT2D eigenvalue weighted by atomic mass is 16.2. The summed E-state index contributed by atoms with van der Waals surface area (Å²) in [5.74, 6) is -1.87. The third-order valence-electron chi connectivity index (χ3n) is 9.18. The first-order valence-corrected chi connectivity index (χ1v) is 18.5. The van der Waals surface area contributed by atoms with Gasteiger partial charge in [0.25, 0.3) is 5.91 Å². The number of rotatable bonds is 20. The Labute approximate surface area is 298 Å². The smallest absolute Gasteiger partial charge is 0.289 e. The van der Waals surface area contributed by atoms with Gasteiger partial charge in [0.2, 0.25) is 23.5 Å². The third-order valence-corrected chi connectivity index (χ3v) is 9.18. The molecule has 2 aromatic carbocycles. The van der Waals surface area contributed by atoms with Crippen LogP contribution >= 0.6 is 0 Å². The molecule has 274 valence electrons. The summed E-state index contributed by atoms with van der Waals surface area (Å²) in [6, 6.07) is 16.7. The van der Waals surface area contributed by atoms with Crippen molar-refractivity contribution in [2.24, 2.45) is 11.8 Å². The summed E-state index contributed by atoms with van der Waals surface area (Å²) in [6.07, 6.45) is 6.46. The lowest BCUT2D eigenvalue weighted by molar-refractivity contribution is -0.144. The van der Waals surface area contributed by atoms with Gasteiger partial charge in [0, 0.05) is 32.1 Å². The Morgan fingerprint density at radius 2 is 1.42 bits per heavy atom. The second-order valence-electron chi connectivity index (χ2n) is 14.5. The first-order chi connectivity index (χ1) is 23.9. The lowest BCUT2D eigenvalue weighted by Crippen LogP contribution is -2.58. The highest BCUT2D eigenvalue weighted by Gasteiger charge is 2.36. The fourth-order valence-electron chi connectivity index (χ4n) is 6.26. The van der Waals surface area contributed by atoms with Gasteiger partial charge in [-0.15, -0.1) is 0 Å². The molecule has 10 nitrogen and oxygen atoms in total. The fraction of sp³-hybridized carbons (Fsp3) is 0.575. The number of nitrogens with zero attached hydrogens (tertiary/aromatic N) is 1. The summed E-state index contributed by atoms with van der Waals surface area (Å²) in [6.45, 7) is 10.7. The van der Waals surface area contributed by atoms with E-state index in [-0.39, 0.29) is 42.7 Å². The predicted molar refractivity (Wildman–Crippen MR) is 197 cm³/mol. The number of nitrogens with one attached hydrogen (secondary N) is 4. The fourth-order valence-corrected chi connectivity index (χ4v) is 6.26. The Morgan fingerprint density at radius 1 is 0.800 bits per heavy atom. The predicted octanol–water partition coefficient (Wildman–Crippen LogP) is 4.71. The molecule has 0 heterocycles. The van der Waals surface area contributed by atoms with Crippen LogP contribution in [-0.4, -0.2) is 71.6 Å². The van der Waals surface area contributed by atoms with Gasteiger partial charge in [-0.3, -0.25) is 24.0 Å². The van der Waals surface area contributed by atoms with Crippen molar-refractivity contribution in [3.8, 4) is 0 Å². The minimum atomic E-state index is -1.05. The molecular weight excluding hydrogens is 630 g/mol. The monoisotopic (exact) mass is 689 g/mol. The third kappa shape index (κ3) is 14.1. The standard InChI is InChI=1S/C40H59N5O5/c1-28(2)22-24-45(35(25-29(3)4)38(48)43-30(5)37(47)39(49)44-33-19-13-8-14-20-33)40(50)34(26-31-15-9-6-10-16-31)41-23-21-36(46)42-27-32-17-11-7-12-18-32/h6-7,9-12,15-18,28-30,33-35,41H,8,13-14,19-27H2,1-5H3,(H,42,46)(H,43,48)(H,44,49)/t30?,34-,35?/m0/s1. The van der Waals surface area contributed by atoms with Crippen molar-refractivity contribution in [2.45, 2.75) is 123 Å². The molecule has 1 saturated carbocycles. The van der Waals surface area contributed by atoms with Gasteiger partial charge in [0.05, 0.1) is 12.1 Å². The summed E-state index contributed by atoms with van der Waals surface area (Å²) in [4.78, 5) is 68.8. The molecule has 0 saturated heterocycles. The number of amides is 4. The summed E-state index contributed by atoms with van der Waals surface area (Å²) in [7, 11) is 0. The quantitative estimate of drug-likeness (QED) is 0.149. The average molecular weight is 690 g/mol. The van der Waals surface area contributed by atoms with Crippen LogP contribution in [-0.2, 0) is 36.9 Å². The van der Waals surface area contributed by atoms with Crippen molar-refractivity contribution in [1.29, 1.82) is 0 Å². The van der Waals surface area contributed by atoms with E-state index in [1.807, 2.05) is 74.5 Å². The van der Waals surface area contributed by atoms with E-state index >= 15 is 0 Å². The lowest BCUT2D eigenvalue weighted by Gasteiger charge is -2.36. The number of hydrogen-bond donors (Lipinski definition) is 4. The van der Waals surface area contributed by atoms with Crippen molar-refractivity contribution >= 4 is 29.4 Å². The molecule has 3 atom stereocenters. The Bertz CT molecular complexity index is 1360. The number of Topliss-reactive ketones (excluding diaryl/α,β-unsaturated/α-hetero) is 1. The first-order valence-electron chi connectivity index (χ1n) is 18.5. The highest BCUT2D eigenvalue weighted by molar-refractivity contribution is 6.38.